The van der Waals surface area contributed by atoms with E-state index in [-0.39, 0.29) is 90.2 Å². The zero-order valence-electron chi connectivity index (χ0n) is 38.2. The summed E-state index contributed by atoms with van der Waals surface area (Å²) in [6, 6.07) is 19.9. The van der Waals surface area contributed by atoms with E-state index in [1.54, 1.807) is 13.8 Å². The number of carbonyl (C=O) groups excluding carboxylic acids is 5. The fourth-order valence-electron chi connectivity index (χ4n) is 8.44. The van der Waals surface area contributed by atoms with E-state index in [0.717, 1.165) is 23.1 Å². The molecule has 0 fully saturated rings. The van der Waals surface area contributed by atoms with E-state index in [9.17, 15) is 50.5 Å². The number of imide groups is 2. The number of benzene rings is 6. The highest BCUT2D eigenvalue weighted by Gasteiger charge is 2.40. The number of sulfonamides is 1. The van der Waals surface area contributed by atoms with Gasteiger partial charge in [0.25, 0.3) is 39.7 Å². The number of hydrogen-bond donors (Lipinski definition) is 3. The van der Waals surface area contributed by atoms with Crippen LogP contribution < -0.4 is 19.5 Å². The molecule has 0 saturated heterocycles. The summed E-state index contributed by atoms with van der Waals surface area (Å²) >= 11 is 6.40. The number of carbonyl (C=O) groups is 5. The molecule has 366 valence electrons. The molecule has 0 unspecified atom stereocenters. The maximum atomic E-state index is 14.4. The van der Waals surface area contributed by atoms with Crippen LogP contribution in [0, 0.1) is 0 Å². The number of phenols is 1. The molecule has 23 heteroatoms. The summed E-state index contributed by atoms with van der Waals surface area (Å²) in [5.74, 6) is -5.18. The van der Waals surface area contributed by atoms with Crippen molar-refractivity contribution in [2.75, 3.05) is 39.7 Å². The van der Waals surface area contributed by atoms with Crippen molar-refractivity contribution in [3.63, 3.8) is 0 Å². The number of methoxy groups -OCH3 is 3. The van der Waals surface area contributed by atoms with E-state index in [1.807, 2.05) is 0 Å². The monoisotopic (exact) mass is 1020 g/mol. The molecule has 0 spiro atoms. The van der Waals surface area contributed by atoms with E-state index >= 15 is 0 Å². The Morgan fingerprint density at radius 1 is 0.690 bits per heavy atom. The number of nitrogens with zero attached hydrogens (tertiary/aromatic N) is 5. The van der Waals surface area contributed by atoms with Gasteiger partial charge in [-0.25, -0.2) is 8.42 Å². The molecule has 0 aromatic heterocycles. The summed E-state index contributed by atoms with van der Waals surface area (Å²) in [5.41, 5.74) is -2.42. The molecule has 2 aliphatic rings. The molecule has 2 aliphatic heterocycles. The van der Waals surface area contributed by atoms with Gasteiger partial charge in [-0.05, 0) is 77.2 Å². The fraction of sp³-hybridized carbons (Fsp3) is 0.188. The summed E-state index contributed by atoms with van der Waals surface area (Å²) in [5, 5.41) is 23.1. The minimum Gasteiger partial charge on any atom is -0.505 e. The van der Waals surface area contributed by atoms with Crippen molar-refractivity contribution in [3.8, 4) is 23.0 Å². The Labute approximate surface area is 410 Å². The molecule has 0 radical (unpaired) electrons. The van der Waals surface area contributed by atoms with E-state index < -0.39 is 90.2 Å². The van der Waals surface area contributed by atoms with Crippen LogP contribution in [0.4, 0.5) is 17.1 Å². The molecule has 2 heterocycles. The highest BCUT2D eigenvalue weighted by atomic mass is 35.5. The molecule has 0 aliphatic carbocycles. The largest absolute Gasteiger partial charge is 0.505 e. The van der Waals surface area contributed by atoms with Gasteiger partial charge in [-0.15, -0.1) is 10.2 Å². The van der Waals surface area contributed by atoms with Crippen molar-refractivity contribution in [2.24, 2.45) is 10.2 Å². The summed E-state index contributed by atoms with van der Waals surface area (Å²) in [4.78, 5) is 70.7. The second-order valence-electron chi connectivity index (χ2n) is 15.8. The fourth-order valence-corrected chi connectivity index (χ4v) is 10.9. The Balaban J connectivity index is 1.44. The first-order valence-electron chi connectivity index (χ1n) is 21.3. The van der Waals surface area contributed by atoms with Crippen LogP contribution in [0.1, 0.15) is 76.8 Å². The zero-order valence-corrected chi connectivity index (χ0v) is 40.6. The van der Waals surface area contributed by atoms with Gasteiger partial charge in [0, 0.05) is 24.5 Å². The number of amides is 5. The van der Waals surface area contributed by atoms with Gasteiger partial charge in [-0.3, -0.25) is 38.3 Å². The molecule has 20 nitrogen and oxygen atoms in total. The van der Waals surface area contributed by atoms with E-state index in [0.29, 0.717) is 4.90 Å². The number of rotatable bonds is 16. The first-order chi connectivity index (χ1) is 33.8. The van der Waals surface area contributed by atoms with Crippen LogP contribution in [0.5, 0.6) is 23.0 Å². The minimum atomic E-state index is -5.40. The second kappa shape index (κ2) is 19.2. The Bertz CT molecular complexity index is 3480. The third kappa shape index (κ3) is 8.80. The Morgan fingerprint density at radius 2 is 1.21 bits per heavy atom. The van der Waals surface area contributed by atoms with Gasteiger partial charge in [0.2, 0.25) is 10.0 Å². The second-order valence-corrected chi connectivity index (χ2v) is 19.5. The summed E-state index contributed by atoms with van der Waals surface area (Å²) in [6.07, 6.45) is 0. The van der Waals surface area contributed by atoms with E-state index in [2.05, 4.69) is 15.5 Å². The zero-order chi connectivity index (χ0) is 51.3. The highest BCUT2D eigenvalue weighted by molar-refractivity contribution is 7.89. The third-order valence-electron chi connectivity index (χ3n) is 11.9. The lowest BCUT2D eigenvalue weighted by atomic mass is 9.93. The molecule has 3 N–H and O–H groups in total. The number of hydrogen-bond acceptors (Lipinski definition) is 15. The Hall–Kier alpha value is -7.76. The van der Waals surface area contributed by atoms with Crippen molar-refractivity contribution in [1.29, 1.82) is 0 Å². The summed E-state index contributed by atoms with van der Waals surface area (Å²) < 4.78 is 83.1. The average Bonchev–Trinajstić information content (AvgIpc) is 3.73. The predicted molar refractivity (Wildman–Crippen MR) is 257 cm³/mol. The van der Waals surface area contributed by atoms with Crippen molar-refractivity contribution in [3.05, 3.63) is 135 Å². The van der Waals surface area contributed by atoms with Crippen molar-refractivity contribution < 1.29 is 64.7 Å². The lowest BCUT2D eigenvalue weighted by molar-refractivity contribution is 0.0616. The molecular weight excluding hydrogens is 984 g/mol. The van der Waals surface area contributed by atoms with E-state index in [4.69, 9.17) is 25.8 Å². The standard InChI is InChI=1S/C48H41ClN6O14S2/c1-6-53(7-2)70(62,63)26-16-17-37(67-3)36(20-26)51-52-42-41-25(18-31(43(42)56)44(57)50-35-21-34(49)38(68-4)22-39(35)69-5)19-40(71(64,65)66)32(23-54-45(58)27-12-8-9-13-28(27)46(54)59)33(41)24-55-47(60)29-14-10-11-15-30(29)48(55)61/h8-22,56H,6-7,23-24H2,1-5H3,(H,50,57)(H,64,65,66). The molecule has 71 heavy (non-hydrogen) atoms. The highest BCUT2D eigenvalue weighted by Crippen LogP contribution is 2.47. The van der Waals surface area contributed by atoms with Gasteiger partial charge in [0.15, 0.2) is 5.75 Å². The number of phenolic OH excluding ortho intramolecular Hbond substituents is 1. The van der Waals surface area contributed by atoms with Crippen LogP contribution in [-0.4, -0.2) is 105 Å². The summed E-state index contributed by atoms with van der Waals surface area (Å²) in [7, 11) is -5.59. The maximum Gasteiger partial charge on any atom is 0.294 e. The van der Waals surface area contributed by atoms with Crippen molar-refractivity contribution in [1.82, 2.24) is 14.1 Å². The average molecular weight is 1030 g/mol. The topological polar surface area (TPSA) is 268 Å². The number of anilines is 1. The molecular formula is C48H41ClN6O14S2. The predicted octanol–water partition coefficient (Wildman–Crippen LogP) is 7.76. The molecule has 6 aromatic carbocycles. The van der Waals surface area contributed by atoms with Gasteiger partial charge in [-0.1, -0.05) is 49.7 Å². The SMILES string of the molecule is CCN(CC)S(=O)(=O)c1ccc(OC)c(N=Nc2c(O)c(C(=O)Nc3cc(Cl)c(OC)cc3OC)cc3cc(S(=O)(=O)O)c(CN4C(=O)c5ccccc5C4=O)c(CN4C(=O)c5ccccc5C4=O)c23)c1. The van der Waals surface area contributed by atoms with Crippen molar-refractivity contribution >= 4 is 89.1 Å². The number of fused-ring (bicyclic) bond motifs is 3. The Morgan fingerprint density at radius 3 is 1.70 bits per heavy atom. The quantitative estimate of drug-likeness (QED) is 0.0475. The van der Waals surface area contributed by atoms with Crippen LogP contribution in [-0.2, 0) is 33.2 Å². The molecule has 5 amide bonds. The smallest absolute Gasteiger partial charge is 0.294 e. The van der Waals surface area contributed by atoms with Crippen LogP contribution >= 0.6 is 11.6 Å². The molecule has 6 aromatic rings. The van der Waals surface area contributed by atoms with Gasteiger partial charge in [-0.2, -0.15) is 12.7 Å². The van der Waals surface area contributed by atoms with Crippen molar-refractivity contribution in [2.45, 2.75) is 36.7 Å². The lowest BCUT2D eigenvalue weighted by Gasteiger charge is -2.24. The first kappa shape index (κ1) is 49.7. The summed E-state index contributed by atoms with van der Waals surface area (Å²) in [6.45, 7) is 1.80. The Kier molecular flexibility index (Phi) is 13.4. The number of aromatic hydroxyl groups is 1. The van der Waals surface area contributed by atoms with Crippen LogP contribution in [0.2, 0.25) is 5.02 Å². The van der Waals surface area contributed by atoms with Crippen LogP contribution in [0.15, 0.2) is 111 Å². The number of nitrogens with one attached hydrogen (secondary N) is 1. The minimum absolute atomic E-state index is 0.0142. The molecule has 0 saturated carbocycles. The number of halogens is 1. The van der Waals surface area contributed by atoms with Gasteiger partial charge in [0.1, 0.15) is 28.6 Å². The third-order valence-corrected chi connectivity index (χ3v) is 15.2. The van der Waals surface area contributed by atoms with Gasteiger partial charge >= 0.3 is 0 Å². The molecule has 8 rings (SSSR count). The molecule has 0 atom stereocenters. The van der Waals surface area contributed by atoms with Gasteiger partial charge < -0.3 is 24.6 Å². The normalized spacial score (nSPS) is 13.7. The van der Waals surface area contributed by atoms with Gasteiger partial charge in [0.05, 0.1) is 82.7 Å². The van der Waals surface area contributed by atoms with Crippen LogP contribution in [0.3, 0.4) is 0 Å². The number of azo groups is 1. The molecule has 0 bridgehead atoms. The number of ether oxygens (including phenoxy) is 3. The van der Waals surface area contributed by atoms with E-state index in [1.165, 1.54) is 98.4 Å². The van der Waals surface area contributed by atoms with Crippen LogP contribution in [0.25, 0.3) is 10.8 Å². The lowest BCUT2D eigenvalue weighted by Crippen LogP contribution is -2.33. The first-order valence-corrected chi connectivity index (χ1v) is 24.6. The maximum absolute atomic E-state index is 14.4.